The first kappa shape index (κ1) is 16.7. The minimum absolute atomic E-state index is 0.00461. The van der Waals surface area contributed by atoms with Crippen molar-refractivity contribution >= 4 is 5.91 Å². The monoisotopic (exact) mass is 327 g/mol. The van der Waals surface area contributed by atoms with Crippen LogP contribution < -0.4 is 10.2 Å². The number of carbonyl (C=O) groups excluding carboxylic acids is 1. The first-order chi connectivity index (χ1) is 11.6. The molecule has 0 heterocycles. The van der Waals surface area contributed by atoms with Crippen molar-refractivity contribution in [2.75, 3.05) is 6.54 Å². The lowest BCUT2D eigenvalue weighted by Crippen LogP contribution is -3.13. The molecule has 3 nitrogen and oxygen atoms in total. The number of quaternary nitrogens is 1. The molecule has 0 spiro atoms. The van der Waals surface area contributed by atoms with E-state index in [0.29, 0.717) is 12.6 Å². The molecule has 0 radical (unpaired) electrons. The van der Waals surface area contributed by atoms with E-state index in [4.69, 9.17) is 0 Å². The molecule has 1 fully saturated rings. The van der Waals surface area contributed by atoms with E-state index in [2.05, 4.69) is 5.32 Å². The van der Waals surface area contributed by atoms with Crippen LogP contribution in [0.15, 0.2) is 54.6 Å². The second kappa shape index (κ2) is 7.58. The van der Waals surface area contributed by atoms with Gasteiger partial charge in [-0.05, 0) is 24.6 Å². The first-order valence-electron chi connectivity index (χ1n) is 8.55. The summed E-state index contributed by atoms with van der Waals surface area (Å²) >= 11 is 0. The van der Waals surface area contributed by atoms with Gasteiger partial charge in [0.05, 0.1) is 12.1 Å². The fourth-order valence-electron chi connectivity index (χ4n) is 3.03. The summed E-state index contributed by atoms with van der Waals surface area (Å²) in [4.78, 5) is 13.7. The first-order valence-corrected chi connectivity index (χ1v) is 8.55. The molecule has 2 aromatic carbocycles. The molecule has 0 bridgehead atoms. The van der Waals surface area contributed by atoms with Crippen LogP contribution in [0.25, 0.3) is 0 Å². The lowest BCUT2D eigenvalue weighted by atomic mass is 10.1. The van der Waals surface area contributed by atoms with E-state index in [1.54, 1.807) is 0 Å². The van der Waals surface area contributed by atoms with Gasteiger partial charge in [0.2, 0.25) is 0 Å². The van der Waals surface area contributed by atoms with Gasteiger partial charge in [-0.2, -0.15) is 0 Å². The summed E-state index contributed by atoms with van der Waals surface area (Å²) in [6.45, 7) is 3.22. The van der Waals surface area contributed by atoms with Crippen LogP contribution in [0.1, 0.15) is 36.9 Å². The molecule has 126 valence electrons. The third-order valence-electron chi connectivity index (χ3n) is 4.56. The molecule has 1 unspecified atom stereocenters. The van der Waals surface area contributed by atoms with Gasteiger partial charge in [0.25, 0.3) is 5.91 Å². The quantitative estimate of drug-likeness (QED) is 0.803. The molecule has 2 N–H and O–H groups in total. The lowest BCUT2D eigenvalue weighted by Gasteiger charge is -2.21. The predicted octanol–water partition coefficient (Wildman–Crippen LogP) is 2.25. The molecule has 0 aliphatic heterocycles. The Labute approximate surface area is 142 Å². The maximum Gasteiger partial charge on any atom is 0.275 e. The zero-order valence-electron chi connectivity index (χ0n) is 14.0. The lowest BCUT2D eigenvalue weighted by molar-refractivity contribution is -0.917. The smallest absolute Gasteiger partial charge is 0.275 e. The Hall–Kier alpha value is -2.20. The summed E-state index contributed by atoms with van der Waals surface area (Å²) in [6.07, 6.45) is 2.33. The summed E-state index contributed by atoms with van der Waals surface area (Å²) < 4.78 is 13.0. The molecule has 3 rings (SSSR count). The van der Waals surface area contributed by atoms with Gasteiger partial charge >= 0.3 is 0 Å². The minimum Gasteiger partial charge on any atom is -0.345 e. The Morgan fingerprint density at radius 3 is 2.46 bits per heavy atom. The minimum atomic E-state index is -0.221. The van der Waals surface area contributed by atoms with Crippen LogP contribution in [-0.2, 0) is 11.3 Å². The van der Waals surface area contributed by atoms with Gasteiger partial charge in [-0.3, -0.25) is 4.79 Å². The standard InChI is InChI=1S/C20H23FN2O/c1-15(17-5-3-2-4-6-17)22-20(24)14-23(19-11-12-19)13-16-7-9-18(21)10-8-16/h2-10,15,19H,11-14H2,1H3,(H,22,24)/p+1/t15-/m1/s1. The van der Waals surface area contributed by atoms with E-state index < -0.39 is 0 Å². The van der Waals surface area contributed by atoms with Crippen LogP contribution in [0, 0.1) is 5.82 Å². The second-order valence-electron chi connectivity index (χ2n) is 6.61. The van der Waals surface area contributed by atoms with Gasteiger partial charge in [0.1, 0.15) is 12.4 Å². The number of benzene rings is 2. The highest BCUT2D eigenvalue weighted by molar-refractivity contribution is 5.77. The average Bonchev–Trinajstić information content (AvgIpc) is 3.42. The summed E-state index contributed by atoms with van der Waals surface area (Å²) in [6, 6.07) is 17.1. The van der Waals surface area contributed by atoms with Crippen molar-refractivity contribution in [1.82, 2.24) is 5.32 Å². The van der Waals surface area contributed by atoms with Crippen LogP contribution in [0.2, 0.25) is 0 Å². The molecule has 0 saturated heterocycles. The highest BCUT2D eigenvalue weighted by atomic mass is 19.1. The molecule has 2 aromatic rings. The Kier molecular flexibility index (Phi) is 5.26. The van der Waals surface area contributed by atoms with Crippen LogP contribution in [-0.4, -0.2) is 18.5 Å². The normalized spacial score (nSPS) is 16.4. The largest absolute Gasteiger partial charge is 0.345 e. The molecule has 2 atom stereocenters. The van der Waals surface area contributed by atoms with Crippen molar-refractivity contribution in [2.24, 2.45) is 0 Å². The molecule has 24 heavy (non-hydrogen) atoms. The van der Waals surface area contributed by atoms with Crippen molar-refractivity contribution in [3.8, 4) is 0 Å². The fraction of sp³-hybridized carbons (Fsp3) is 0.350. The van der Waals surface area contributed by atoms with Gasteiger partial charge in [0.15, 0.2) is 6.54 Å². The third-order valence-corrected chi connectivity index (χ3v) is 4.56. The molecular formula is C20H24FN2O+. The molecule has 0 aromatic heterocycles. The predicted molar refractivity (Wildman–Crippen MR) is 92.0 cm³/mol. The fourth-order valence-corrected chi connectivity index (χ4v) is 3.03. The van der Waals surface area contributed by atoms with Crippen molar-refractivity contribution in [1.29, 1.82) is 0 Å². The summed E-state index contributed by atoms with van der Waals surface area (Å²) in [5.74, 6) is -0.156. The van der Waals surface area contributed by atoms with Gasteiger partial charge in [-0.15, -0.1) is 0 Å². The topological polar surface area (TPSA) is 33.5 Å². The zero-order valence-corrected chi connectivity index (χ0v) is 14.0. The van der Waals surface area contributed by atoms with Gasteiger partial charge in [-0.1, -0.05) is 42.5 Å². The van der Waals surface area contributed by atoms with Crippen molar-refractivity contribution < 1.29 is 14.1 Å². The number of amides is 1. The van der Waals surface area contributed by atoms with E-state index in [0.717, 1.165) is 30.5 Å². The maximum absolute atomic E-state index is 13.0. The molecule has 1 saturated carbocycles. The Morgan fingerprint density at radius 2 is 1.83 bits per heavy atom. The van der Waals surface area contributed by atoms with Gasteiger partial charge in [0, 0.05) is 18.4 Å². The van der Waals surface area contributed by atoms with E-state index in [1.807, 2.05) is 49.4 Å². The number of nitrogens with one attached hydrogen (secondary N) is 2. The number of hydrogen-bond acceptors (Lipinski definition) is 1. The Balaban J connectivity index is 1.57. The second-order valence-corrected chi connectivity index (χ2v) is 6.61. The highest BCUT2D eigenvalue weighted by Gasteiger charge is 2.34. The number of rotatable bonds is 7. The van der Waals surface area contributed by atoms with Crippen molar-refractivity contribution in [3.05, 3.63) is 71.5 Å². The van der Waals surface area contributed by atoms with Crippen LogP contribution in [0.5, 0.6) is 0 Å². The van der Waals surface area contributed by atoms with E-state index in [1.165, 1.54) is 17.0 Å². The van der Waals surface area contributed by atoms with E-state index >= 15 is 0 Å². The highest BCUT2D eigenvalue weighted by Crippen LogP contribution is 2.16. The number of hydrogen-bond donors (Lipinski definition) is 2. The van der Waals surface area contributed by atoms with Crippen LogP contribution in [0.3, 0.4) is 0 Å². The Morgan fingerprint density at radius 1 is 1.17 bits per heavy atom. The van der Waals surface area contributed by atoms with Gasteiger partial charge in [-0.25, -0.2) is 4.39 Å². The summed E-state index contributed by atoms with van der Waals surface area (Å²) in [5.41, 5.74) is 2.18. The molecule has 1 aliphatic rings. The van der Waals surface area contributed by atoms with E-state index in [-0.39, 0.29) is 17.8 Å². The number of halogens is 1. The zero-order chi connectivity index (χ0) is 16.9. The van der Waals surface area contributed by atoms with E-state index in [9.17, 15) is 9.18 Å². The molecular weight excluding hydrogens is 303 g/mol. The van der Waals surface area contributed by atoms with Crippen LogP contribution in [0.4, 0.5) is 4.39 Å². The summed E-state index contributed by atoms with van der Waals surface area (Å²) in [5, 5.41) is 3.08. The van der Waals surface area contributed by atoms with Crippen molar-refractivity contribution in [2.45, 2.75) is 38.4 Å². The third kappa shape index (κ3) is 4.65. The SMILES string of the molecule is C[C@@H](NC(=O)C[NH+](Cc1ccc(F)cc1)C1CC1)c1ccccc1. The average molecular weight is 327 g/mol. The number of carbonyl (C=O) groups is 1. The van der Waals surface area contributed by atoms with Crippen molar-refractivity contribution in [3.63, 3.8) is 0 Å². The van der Waals surface area contributed by atoms with Gasteiger partial charge < -0.3 is 10.2 Å². The Bertz CT molecular complexity index is 668. The summed E-state index contributed by atoms with van der Waals surface area (Å²) in [7, 11) is 0. The maximum atomic E-state index is 13.0. The molecule has 4 heteroatoms. The molecule has 1 amide bonds. The van der Waals surface area contributed by atoms with Crippen LogP contribution >= 0.6 is 0 Å². The molecule has 1 aliphatic carbocycles.